The van der Waals surface area contributed by atoms with Crippen molar-refractivity contribution in [2.45, 2.75) is 24.8 Å². The SMILES string of the molecule is Cc1cccc(CSc2nnc(-c3cccnc3)n2-c2ccccc2C)c1. The fourth-order valence-corrected chi connectivity index (χ4v) is 3.91. The molecule has 0 N–H and O–H groups in total. The van der Waals surface area contributed by atoms with E-state index in [1.54, 1.807) is 18.0 Å². The molecule has 0 aliphatic rings. The molecule has 0 aliphatic heterocycles. The molecular formula is C22H20N4S. The highest BCUT2D eigenvalue weighted by Crippen LogP contribution is 2.30. The normalized spacial score (nSPS) is 10.9. The van der Waals surface area contributed by atoms with E-state index in [1.165, 1.54) is 16.7 Å². The second-order valence-corrected chi connectivity index (χ2v) is 7.39. The van der Waals surface area contributed by atoms with Gasteiger partial charge in [0.1, 0.15) is 0 Å². The molecule has 0 radical (unpaired) electrons. The fraction of sp³-hybridized carbons (Fsp3) is 0.136. The molecular weight excluding hydrogens is 352 g/mol. The van der Waals surface area contributed by atoms with Crippen LogP contribution in [-0.2, 0) is 5.75 Å². The van der Waals surface area contributed by atoms with Crippen LogP contribution in [0.1, 0.15) is 16.7 Å². The molecule has 0 atom stereocenters. The molecule has 134 valence electrons. The maximum absolute atomic E-state index is 4.50. The van der Waals surface area contributed by atoms with Crippen LogP contribution < -0.4 is 0 Å². The molecule has 2 aromatic heterocycles. The Labute approximate surface area is 163 Å². The van der Waals surface area contributed by atoms with Gasteiger partial charge in [-0.05, 0) is 43.2 Å². The van der Waals surface area contributed by atoms with E-state index in [2.05, 4.69) is 70.0 Å². The van der Waals surface area contributed by atoms with Crippen molar-refractivity contribution in [2.24, 2.45) is 0 Å². The van der Waals surface area contributed by atoms with Crippen LogP contribution in [-0.4, -0.2) is 19.7 Å². The first-order valence-electron chi connectivity index (χ1n) is 8.82. The summed E-state index contributed by atoms with van der Waals surface area (Å²) in [5, 5.41) is 9.86. The zero-order valence-electron chi connectivity index (χ0n) is 15.3. The van der Waals surface area contributed by atoms with Crippen molar-refractivity contribution in [3.8, 4) is 17.1 Å². The predicted octanol–water partition coefficient (Wildman–Crippen LogP) is 5.24. The van der Waals surface area contributed by atoms with Crippen LogP contribution in [0.25, 0.3) is 17.1 Å². The summed E-state index contributed by atoms with van der Waals surface area (Å²) in [6.07, 6.45) is 3.60. The average Bonchev–Trinajstić information content (AvgIpc) is 3.11. The first kappa shape index (κ1) is 17.5. The van der Waals surface area contributed by atoms with Gasteiger partial charge in [0.05, 0.1) is 5.69 Å². The third-order valence-electron chi connectivity index (χ3n) is 4.36. The van der Waals surface area contributed by atoms with E-state index in [0.29, 0.717) is 0 Å². The molecule has 5 heteroatoms. The van der Waals surface area contributed by atoms with E-state index < -0.39 is 0 Å². The molecule has 0 spiro atoms. The summed E-state index contributed by atoms with van der Waals surface area (Å²) in [7, 11) is 0. The maximum Gasteiger partial charge on any atom is 0.196 e. The molecule has 0 bridgehead atoms. The van der Waals surface area contributed by atoms with Gasteiger partial charge in [0.25, 0.3) is 0 Å². The smallest absolute Gasteiger partial charge is 0.196 e. The van der Waals surface area contributed by atoms with E-state index in [0.717, 1.165) is 28.0 Å². The third-order valence-corrected chi connectivity index (χ3v) is 5.36. The second kappa shape index (κ2) is 7.76. The van der Waals surface area contributed by atoms with E-state index in [9.17, 15) is 0 Å². The Bertz CT molecular complexity index is 1060. The molecule has 4 rings (SSSR count). The predicted molar refractivity (Wildman–Crippen MR) is 110 cm³/mol. The van der Waals surface area contributed by atoms with Gasteiger partial charge in [-0.25, -0.2) is 0 Å². The molecule has 4 nitrogen and oxygen atoms in total. The fourth-order valence-electron chi connectivity index (χ4n) is 3.03. The number of para-hydroxylation sites is 1. The van der Waals surface area contributed by atoms with Crippen LogP contribution >= 0.6 is 11.8 Å². The standard InChI is InChI=1S/C22H20N4S/c1-16-7-5-9-18(13-16)15-27-22-25-24-21(19-10-6-12-23-14-19)26(22)20-11-4-3-8-17(20)2/h3-14H,15H2,1-2H3. The average molecular weight is 372 g/mol. The zero-order chi connectivity index (χ0) is 18.6. The lowest BCUT2D eigenvalue weighted by Gasteiger charge is -2.12. The van der Waals surface area contributed by atoms with E-state index >= 15 is 0 Å². The van der Waals surface area contributed by atoms with Crippen LogP contribution in [0.4, 0.5) is 0 Å². The number of rotatable bonds is 5. The molecule has 0 saturated heterocycles. The highest BCUT2D eigenvalue weighted by molar-refractivity contribution is 7.98. The Kier molecular flexibility index (Phi) is 5.03. The number of hydrogen-bond acceptors (Lipinski definition) is 4. The molecule has 2 aromatic carbocycles. The molecule has 4 aromatic rings. The Balaban J connectivity index is 1.76. The molecule has 0 unspecified atom stereocenters. The van der Waals surface area contributed by atoms with Crippen molar-refractivity contribution in [3.05, 3.63) is 89.7 Å². The van der Waals surface area contributed by atoms with E-state index in [1.807, 2.05) is 30.5 Å². The number of nitrogens with zero attached hydrogens (tertiary/aromatic N) is 4. The van der Waals surface area contributed by atoms with Gasteiger partial charge in [0.15, 0.2) is 11.0 Å². The first-order chi connectivity index (χ1) is 13.2. The maximum atomic E-state index is 4.50. The lowest BCUT2D eigenvalue weighted by molar-refractivity contribution is 0.880. The third kappa shape index (κ3) is 3.78. The van der Waals surface area contributed by atoms with Crippen LogP contribution in [0.15, 0.2) is 78.2 Å². The van der Waals surface area contributed by atoms with Gasteiger partial charge in [0, 0.05) is 23.7 Å². The lowest BCUT2D eigenvalue weighted by atomic mass is 10.2. The molecule has 2 heterocycles. The van der Waals surface area contributed by atoms with Crippen molar-refractivity contribution in [1.82, 2.24) is 19.7 Å². The number of aryl methyl sites for hydroxylation is 2. The van der Waals surface area contributed by atoms with Crippen molar-refractivity contribution in [2.75, 3.05) is 0 Å². The highest BCUT2D eigenvalue weighted by atomic mass is 32.2. The minimum atomic E-state index is 0.809. The summed E-state index contributed by atoms with van der Waals surface area (Å²) < 4.78 is 2.13. The zero-order valence-corrected chi connectivity index (χ0v) is 16.1. The Morgan fingerprint density at radius 1 is 0.926 bits per heavy atom. The van der Waals surface area contributed by atoms with Gasteiger partial charge in [0.2, 0.25) is 0 Å². The van der Waals surface area contributed by atoms with Crippen molar-refractivity contribution in [1.29, 1.82) is 0 Å². The van der Waals surface area contributed by atoms with Crippen LogP contribution in [0.5, 0.6) is 0 Å². The van der Waals surface area contributed by atoms with E-state index in [-0.39, 0.29) is 0 Å². The first-order valence-corrected chi connectivity index (χ1v) is 9.81. The number of benzene rings is 2. The molecule has 0 amide bonds. The number of pyridine rings is 1. The summed E-state index contributed by atoms with van der Waals surface area (Å²) in [6, 6.07) is 20.8. The second-order valence-electron chi connectivity index (χ2n) is 6.45. The molecule has 27 heavy (non-hydrogen) atoms. The van der Waals surface area contributed by atoms with Gasteiger partial charge in [-0.1, -0.05) is 59.8 Å². The summed E-state index contributed by atoms with van der Waals surface area (Å²) in [5.74, 6) is 1.66. The molecule has 0 saturated carbocycles. The summed E-state index contributed by atoms with van der Waals surface area (Å²) in [4.78, 5) is 4.24. The molecule has 0 aliphatic carbocycles. The minimum Gasteiger partial charge on any atom is -0.270 e. The summed E-state index contributed by atoms with van der Waals surface area (Å²) in [6.45, 7) is 4.22. The van der Waals surface area contributed by atoms with Crippen molar-refractivity contribution >= 4 is 11.8 Å². The van der Waals surface area contributed by atoms with Gasteiger partial charge in [-0.2, -0.15) is 0 Å². The Morgan fingerprint density at radius 2 is 1.81 bits per heavy atom. The minimum absolute atomic E-state index is 0.809. The molecule has 0 fully saturated rings. The van der Waals surface area contributed by atoms with Gasteiger partial charge >= 0.3 is 0 Å². The monoisotopic (exact) mass is 372 g/mol. The van der Waals surface area contributed by atoms with Crippen molar-refractivity contribution < 1.29 is 0 Å². The Morgan fingerprint density at radius 3 is 2.59 bits per heavy atom. The van der Waals surface area contributed by atoms with Crippen molar-refractivity contribution in [3.63, 3.8) is 0 Å². The van der Waals surface area contributed by atoms with Gasteiger partial charge < -0.3 is 0 Å². The summed E-state index contributed by atoms with van der Waals surface area (Å²) >= 11 is 1.70. The van der Waals surface area contributed by atoms with Crippen LogP contribution in [0, 0.1) is 13.8 Å². The largest absolute Gasteiger partial charge is 0.270 e. The van der Waals surface area contributed by atoms with Gasteiger partial charge in [-0.15, -0.1) is 10.2 Å². The van der Waals surface area contributed by atoms with Crippen LogP contribution in [0.3, 0.4) is 0 Å². The topological polar surface area (TPSA) is 43.6 Å². The lowest BCUT2D eigenvalue weighted by Crippen LogP contribution is -2.02. The van der Waals surface area contributed by atoms with E-state index in [4.69, 9.17) is 0 Å². The number of aromatic nitrogens is 4. The number of hydrogen-bond donors (Lipinski definition) is 0. The Hall–Kier alpha value is -2.92. The van der Waals surface area contributed by atoms with Crippen LogP contribution in [0.2, 0.25) is 0 Å². The highest BCUT2D eigenvalue weighted by Gasteiger charge is 2.17. The number of thioether (sulfide) groups is 1. The summed E-state index contributed by atoms with van der Waals surface area (Å²) in [5.41, 5.74) is 5.77. The quantitative estimate of drug-likeness (QED) is 0.450. The van der Waals surface area contributed by atoms with Gasteiger partial charge in [-0.3, -0.25) is 9.55 Å².